The van der Waals surface area contributed by atoms with Crippen molar-refractivity contribution in [2.45, 2.75) is 0 Å². The summed E-state index contributed by atoms with van der Waals surface area (Å²) in [7, 11) is 3.10. The number of nitrogen functional groups attached to an aromatic ring is 1. The number of rotatable bonds is 4. The van der Waals surface area contributed by atoms with Crippen LogP contribution in [0.2, 0.25) is 0 Å². The van der Waals surface area contributed by atoms with Gasteiger partial charge in [0.25, 0.3) is 5.91 Å². The Morgan fingerprint density at radius 1 is 1.10 bits per heavy atom. The van der Waals surface area contributed by atoms with Gasteiger partial charge in [-0.2, -0.15) is 0 Å². The minimum absolute atomic E-state index is 0.286. The Morgan fingerprint density at radius 2 is 1.85 bits per heavy atom. The molecule has 0 fully saturated rings. The van der Waals surface area contributed by atoms with E-state index in [0.717, 1.165) is 0 Å². The van der Waals surface area contributed by atoms with Gasteiger partial charge in [-0.05, 0) is 24.3 Å². The average molecular weight is 272 g/mol. The average Bonchev–Trinajstić information content (AvgIpc) is 2.48. The molecule has 5 nitrogen and oxygen atoms in total. The second kappa shape index (κ2) is 5.97. The van der Waals surface area contributed by atoms with Crippen molar-refractivity contribution in [3.63, 3.8) is 0 Å². The fourth-order valence-corrected chi connectivity index (χ4v) is 1.80. The summed E-state index contributed by atoms with van der Waals surface area (Å²) in [5.41, 5.74) is 7.19. The molecule has 0 saturated heterocycles. The molecule has 2 aromatic carbocycles. The van der Waals surface area contributed by atoms with Gasteiger partial charge in [-0.1, -0.05) is 12.1 Å². The van der Waals surface area contributed by atoms with Crippen LogP contribution >= 0.6 is 0 Å². The van der Waals surface area contributed by atoms with Gasteiger partial charge in [-0.3, -0.25) is 4.79 Å². The number of hydrogen-bond donors (Lipinski definition) is 2. The highest BCUT2D eigenvalue weighted by Gasteiger charge is 2.12. The van der Waals surface area contributed by atoms with E-state index in [-0.39, 0.29) is 5.91 Å². The first-order valence-corrected chi connectivity index (χ1v) is 6.03. The zero-order valence-electron chi connectivity index (χ0n) is 11.3. The largest absolute Gasteiger partial charge is 0.497 e. The summed E-state index contributed by atoms with van der Waals surface area (Å²) < 4.78 is 10.3. The van der Waals surface area contributed by atoms with E-state index < -0.39 is 0 Å². The molecule has 0 atom stereocenters. The molecule has 0 heterocycles. The van der Waals surface area contributed by atoms with Gasteiger partial charge in [0.05, 0.1) is 25.5 Å². The summed E-state index contributed by atoms with van der Waals surface area (Å²) in [4.78, 5) is 12.2. The van der Waals surface area contributed by atoms with E-state index >= 15 is 0 Å². The number of carbonyl (C=O) groups excluding carboxylic acids is 1. The van der Waals surface area contributed by atoms with E-state index in [0.29, 0.717) is 28.4 Å². The number of amides is 1. The standard InChI is InChI=1S/C15H16N2O3/c1-19-10-7-8-13(14(9-10)20-2)17-15(18)11-5-3-4-6-12(11)16/h3-9H,16H2,1-2H3,(H,17,18). The summed E-state index contributed by atoms with van der Waals surface area (Å²) in [5, 5.41) is 2.77. The third kappa shape index (κ3) is 2.83. The molecule has 2 aromatic rings. The van der Waals surface area contributed by atoms with E-state index in [1.54, 1.807) is 49.6 Å². The lowest BCUT2D eigenvalue weighted by molar-refractivity contribution is 0.102. The van der Waals surface area contributed by atoms with Crippen LogP contribution in [0.25, 0.3) is 0 Å². The predicted octanol–water partition coefficient (Wildman–Crippen LogP) is 2.54. The summed E-state index contributed by atoms with van der Waals surface area (Å²) in [5.74, 6) is 0.887. The van der Waals surface area contributed by atoms with Crippen LogP contribution in [-0.4, -0.2) is 20.1 Å². The maximum absolute atomic E-state index is 12.2. The van der Waals surface area contributed by atoms with Gasteiger partial charge in [0.2, 0.25) is 0 Å². The van der Waals surface area contributed by atoms with Crippen LogP contribution in [0.3, 0.4) is 0 Å². The van der Waals surface area contributed by atoms with Crippen LogP contribution in [0, 0.1) is 0 Å². The smallest absolute Gasteiger partial charge is 0.257 e. The predicted molar refractivity (Wildman–Crippen MR) is 78.4 cm³/mol. The van der Waals surface area contributed by atoms with Gasteiger partial charge in [0.1, 0.15) is 11.5 Å². The number of nitrogens with two attached hydrogens (primary N) is 1. The lowest BCUT2D eigenvalue weighted by Gasteiger charge is -2.12. The van der Waals surface area contributed by atoms with Crippen LogP contribution in [0.5, 0.6) is 11.5 Å². The Hall–Kier alpha value is -2.69. The van der Waals surface area contributed by atoms with Crippen molar-refractivity contribution in [1.82, 2.24) is 0 Å². The molecular formula is C15H16N2O3. The zero-order chi connectivity index (χ0) is 14.5. The Morgan fingerprint density at radius 3 is 2.50 bits per heavy atom. The van der Waals surface area contributed by atoms with E-state index in [4.69, 9.17) is 15.2 Å². The highest BCUT2D eigenvalue weighted by Crippen LogP contribution is 2.29. The van der Waals surface area contributed by atoms with Gasteiger partial charge in [0, 0.05) is 11.8 Å². The lowest BCUT2D eigenvalue weighted by atomic mass is 10.1. The van der Waals surface area contributed by atoms with Crippen molar-refractivity contribution in [1.29, 1.82) is 0 Å². The van der Waals surface area contributed by atoms with Crippen molar-refractivity contribution in [3.05, 3.63) is 48.0 Å². The minimum atomic E-state index is -0.286. The van der Waals surface area contributed by atoms with Crippen molar-refractivity contribution >= 4 is 17.3 Å². The molecule has 0 saturated carbocycles. The normalized spacial score (nSPS) is 9.90. The summed E-state index contributed by atoms with van der Waals surface area (Å²) in [6.07, 6.45) is 0. The van der Waals surface area contributed by atoms with Gasteiger partial charge >= 0.3 is 0 Å². The summed E-state index contributed by atoms with van der Waals surface area (Å²) >= 11 is 0. The quantitative estimate of drug-likeness (QED) is 0.839. The van der Waals surface area contributed by atoms with Gasteiger partial charge < -0.3 is 20.5 Å². The molecule has 2 rings (SSSR count). The molecular weight excluding hydrogens is 256 g/mol. The van der Waals surface area contributed by atoms with Gasteiger partial charge in [-0.15, -0.1) is 0 Å². The number of nitrogens with one attached hydrogen (secondary N) is 1. The SMILES string of the molecule is COc1ccc(NC(=O)c2ccccc2N)c(OC)c1. The molecule has 0 aliphatic carbocycles. The Kier molecular flexibility index (Phi) is 4.10. The van der Waals surface area contributed by atoms with Crippen molar-refractivity contribution in [3.8, 4) is 11.5 Å². The fourth-order valence-electron chi connectivity index (χ4n) is 1.80. The van der Waals surface area contributed by atoms with Crippen LogP contribution < -0.4 is 20.5 Å². The van der Waals surface area contributed by atoms with Crippen molar-refractivity contribution < 1.29 is 14.3 Å². The number of methoxy groups -OCH3 is 2. The van der Waals surface area contributed by atoms with Gasteiger partial charge in [0.15, 0.2) is 0 Å². The van der Waals surface area contributed by atoms with E-state index in [1.807, 2.05) is 0 Å². The molecule has 1 amide bonds. The molecule has 0 aromatic heterocycles. The van der Waals surface area contributed by atoms with E-state index in [2.05, 4.69) is 5.32 Å². The highest BCUT2D eigenvalue weighted by molar-refractivity contribution is 6.08. The molecule has 0 aliphatic heterocycles. The summed E-state index contributed by atoms with van der Waals surface area (Å²) in [6, 6.07) is 12.0. The van der Waals surface area contributed by atoms with E-state index in [1.165, 1.54) is 7.11 Å². The Labute approximate surface area is 117 Å². The lowest BCUT2D eigenvalue weighted by Crippen LogP contribution is -2.14. The molecule has 5 heteroatoms. The van der Waals surface area contributed by atoms with Crippen LogP contribution in [-0.2, 0) is 0 Å². The first-order chi connectivity index (χ1) is 9.65. The van der Waals surface area contributed by atoms with Gasteiger partial charge in [-0.25, -0.2) is 0 Å². The second-order valence-electron chi connectivity index (χ2n) is 4.11. The molecule has 0 unspecified atom stereocenters. The maximum Gasteiger partial charge on any atom is 0.257 e. The molecule has 3 N–H and O–H groups in total. The van der Waals surface area contributed by atoms with Crippen LogP contribution in [0.1, 0.15) is 10.4 Å². The summed E-state index contributed by atoms with van der Waals surface area (Å²) in [6.45, 7) is 0. The number of anilines is 2. The van der Waals surface area contributed by atoms with Crippen LogP contribution in [0.15, 0.2) is 42.5 Å². The highest BCUT2D eigenvalue weighted by atomic mass is 16.5. The number of benzene rings is 2. The first kappa shape index (κ1) is 13.7. The number of ether oxygens (including phenoxy) is 2. The molecule has 0 radical (unpaired) electrons. The third-order valence-corrected chi connectivity index (χ3v) is 2.86. The fraction of sp³-hybridized carbons (Fsp3) is 0.133. The molecule has 20 heavy (non-hydrogen) atoms. The Bertz CT molecular complexity index is 626. The molecule has 0 aliphatic rings. The number of carbonyl (C=O) groups is 1. The van der Waals surface area contributed by atoms with Crippen LogP contribution in [0.4, 0.5) is 11.4 Å². The zero-order valence-corrected chi connectivity index (χ0v) is 11.3. The first-order valence-electron chi connectivity index (χ1n) is 6.03. The molecule has 0 bridgehead atoms. The minimum Gasteiger partial charge on any atom is -0.497 e. The molecule has 104 valence electrons. The Balaban J connectivity index is 2.26. The van der Waals surface area contributed by atoms with E-state index in [9.17, 15) is 4.79 Å². The molecule has 0 spiro atoms. The second-order valence-corrected chi connectivity index (χ2v) is 4.11. The monoisotopic (exact) mass is 272 g/mol. The van der Waals surface area contributed by atoms with Crippen molar-refractivity contribution in [2.75, 3.05) is 25.3 Å². The number of hydrogen-bond acceptors (Lipinski definition) is 4. The number of para-hydroxylation sites is 1. The van der Waals surface area contributed by atoms with Crippen molar-refractivity contribution in [2.24, 2.45) is 0 Å². The third-order valence-electron chi connectivity index (χ3n) is 2.86. The maximum atomic E-state index is 12.2. The topological polar surface area (TPSA) is 73.6 Å².